The van der Waals surface area contributed by atoms with Gasteiger partial charge in [-0.1, -0.05) is 36.4 Å². The van der Waals surface area contributed by atoms with Gasteiger partial charge in [-0.2, -0.15) is 0 Å². The number of carbonyl (C=O) groups is 3. The molecule has 9 nitrogen and oxygen atoms in total. The second-order valence-corrected chi connectivity index (χ2v) is 12.6. The topological polar surface area (TPSA) is 115 Å². The van der Waals surface area contributed by atoms with E-state index in [0.717, 1.165) is 53.8 Å². The third kappa shape index (κ3) is 6.88. The summed E-state index contributed by atoms with van der Waals surface area (Å²) in [6.45, 7) is 4.23. The van der Waals surface area contributed by atoms with E-state index in [-0.39, 0.29) is 36.7 Å². The minimum atomic E-state index is -0.386. The quantitative estimate of drug-likeness (QED) is 0.133. The molecular weight excluding hydrogens is 579 g/mol. The number of hydrogen-bond donors (Lipinski definition) is 2. The molecule has 4 aromatic rings. The van der Waals surface area contributed by atoms with Crippen LogP contribution < -0.4 is 10.6 Å². The number of nitrogens with one attached hydrogen (secondary N) is 2. The first kappa shape index (κ1) is 29.0. The van der Waals surface area contributed by atoms with E-state index in [1.807, 2.05) is 47.2 Å². The van der Waals surface area contributed by atoms with Crippen LogP contribution >= 0.6 is 34.4 Å². The highest BCUT2D eigenvalue weighted by Crippen LogP contribution is 2.38. The average molecular weight is 610 g/mol. The highest BCUT2D eigenvalue weighted by Gasteiger charge is 2.27. The van der Waals surface area contributed by atoms with Crippen molar-refractivity contribution >= 4 is 57.2 Å². The Morgan fingerprint density at radius 1 is 1.10 bits per heavy atom. The van der Waals surface area contributed by atoms with Crippen LogP contribution in [-0.2, 0) is 28.9 Å². The number of amides is 2. The van der Waals surface area contributed by atoms with E-state index >= 15 is 0 Å². The summed E-state index contributed by atoms with van der Waals surface area (Å²) in [4.78, 5) is 40.3. The van der Waals surface area contributed by atoms with E-state index in [4.69, 9.17) is 4.74 Å². The lowest BCUT2D eigenvalue weighted by Crippen LogP contribution is -2.24. The molecule has 0 fully saturated rings. The molecule has 41 heavy (non-hydrogen) atoms. The number of aryl methyl sites for hydroxylation is 2. The molecular formula is C29H31N5O4S3. The molecule has 5 rings (SSSR count). The SMILES string of the molecule is CCOC(=O)c1c(NC(=O)CSc2nnc(CNC(=O)c3cccs3)n2-c2cccc(C)c2)sc2c1CCCCC2. The van der Waals surface area contributed by atoms with Gasteiger partial charge in [0.2, 0.25) is 5.91 Å². The highest BCUT2D eigenvalue weighted by molar-refractivity contribution is 7.99. The second kappa shape index (κ2) is 13.5. The summed E-state index contributed by atoms with van der Waals surface area (Å²) in [5.74, 6) is -0.197. The number of carbonyl (C=O) groups excluding carboxylic acids is 3. The molecule has 1 aromatic carbocycles. The molecule has 1 aliphatic rings. The number of thiophene rings is 2. The summed E-state index contributed by atoms with van der Waals surface area (Å²) >= 11 is 4.09. The largest absolute Gasteiger partial charge is 0.462 e. The fraction of sp³-hybridized carbons (Fsp3) is 0.345. The van der Waals surface area contributed by atoms with Crippen LogP contribution in [0.1, 0.15) is 68.0 Å². The lowest BCUT2D eigenvalue weighted by molar-refractivity contribution is -0.113. The van der Waals surface area contributed by atoms with Gasteiger partial charge in [0, 0.05) is 10.6 Å². The van der Waals surface area contributed by atoms with Gasteiger partial charge in [0.25, 0.3) is 5.91 Å². The zero-order valence-electron chi connectivity index (χ0n) is 22.9. The lowest BCUT2D eigenvalue weighted by atomic mass is 10.1. The number of nitrogens with zero attached hydrogens (tertiary/aromatic N) is 3. The van der Waals surface area contributed by atoms with Crippen molar-refractivity contribution in [2.45, 2.75) is 57.7 Å². The molecule has 2 amide bonds. The molecule has 1 aliphatic carbocycles. The van der Waals surface area contributed by atoms with Crippen LogP contribution in [-0.4, -0.2) is 44.9 Å². The van der Waals surface area contributed by atoms with Crippen molar-refractivity contribution in [2.24, 2.45) is 0 Å². The predicted molar refractivity (Wildman–Crippen MR) is 162 cm³/mol. The van der Waals surface area contributed by atoms with Gasteiger partial charge in [-0.3, -0.25) is 14.2 Å². The standard InChI is InChI=1S/C29H31N5O4S3/c1-3-38-28(37)25-20-11-5-4-6-12-21(20)41-27(25)31-24(35)17-40-29-33-32-23(16-30-26(36)22-13-8-14-39-22)34(29)19-10-7-9-18(2)15-19/h7-10,13-15H,3-6,11-12,16-17H2,1-2H3,(H,30,36)(H,31,35). The smallest absolute Gasteiger partial charge is 0.341 e. The van der Waals surface area contributed by atoms with E-state index in [1.54, 1.807) is 13.0 Å². The van der Waals surface area contributed by atoms with Crippen LogP contribution in [0.3, 0.4) is 0 Å². The fourth-order valence-corrected chi connectivity index (χ4v) is 7.44. The molecule has 0 bridgehead atoms. The number of rotatable bonds is 10. The highest BCUT2D eigenvalue weighted by atomic mass is 32.2. The van der Waals surface area contributed by atoms with Gasteiger partial charge in [0.05, 0.1) is 29.3 Å². The van der Waals surface area contributed by atoms with Gasteiger partial charge in [0.15, 0.2) is 11.0 Å². The molecule has 0 radical (unpaired) electrons. The molecule has 12 heteroatoms. The Morgan fingerprint density at radius 3 is 2.73 bits per heavy atom. The molecule has 0 saturated heterocycles. The van der Waals surface area contributed by atoms with Crippen LogP contribution in [0, 0.1) is 6.92 Å². The Balaban J connectivity index is 1.33. The summed E-state index contributed by atoms with van der Waals surface area (Å²) in [6, 6.07) is 11.5. The van der Waals surface area contributed by atoms with Crippen LogP contribution in [0.25, 0.3) is 5.69 Å². The zero-order chi connectivity index (χ0) is 28.8. The van der Waals surface area contributed by atoms with Crippen molar-refractivity contribution in [3.05, 3.63) is 74.0 Å². The monoisotopic (exact) mass is 609 g/mol. The molecule has 0 aliphatic heterocycles. The van der Waals surface area contributed by atoms with Gasteiger partial charge in [-0.15, -0.1) is 32.9 Å². The van der Waals surface area contributed by atoms with Crippen LogP contribution in [0.2, 0.25) is 0 Å². The van der Waals surface area contributed by atoms with E-state index < -0.39 is 0 Å². The third-order valence-electron chi connectivity index (χ3n) is 6.60. The van der Waals surface area contributed by atoms with Crippen molar-refractivity contribution in [1.82, 2.24) is 20.1 Å². The first-order valence-electron chi connectivity index (χ1n) is 13.5. The summed E-state index contributed by atoms with van der Waals surface area (Å²) in [7, 11) is 0. The normalized spacial score (nSPS) is 12.8. The summed E-state index contributed by atoms with van der Waals surface area (Å²) in [6.07, 6.45) is 4.94. The maximum atomic E-state index is 13.2. The third-order valence-corrected chi connectivity index (χ3v) is 9.60. The number of anilines is 1. The maximum Gasteiger partial charge on any atom is 0.341 e. The van der Waals surface area contributed by atoms with Crippen LogP contribution in [0.5, 0.6) is 0 Å². The summed E-state index contributed by atoms with van der Waals surface area (Å²) in [5.41, 5.74) is 3.41. The van der Waals surface area contributed by atoms with Crippen molar-refractivity contribution in [3.8, 4) is 5.69 Å². The fourth-order valence-electron chi connectivity index (χ4n) is 4.73. The molecule has 0 atom stereocenters. The second-order valence-electron chi connectivity index (χ2n) is 9.56. The number of fused-ring (bicyclic) bond motifs is 1. The Kier molecular flexibility index (Phi) is 9.53. The first-order valence-corrected chi connectivity index (χ1v) is 16.2. The molecule has 2 N–H and O–H groups in total. The van der Waals surface area contributed by atoms with E-state index in [1.165, 1.54) is 34.4 Å². The Hall–Kier alpha value is -3.48. The van der Waals surface area contributed by atoms with Gasteiger partial charge in [-0.25, -0.2) is 4.79 Å². The number of esters is 1. The van der Waals surface area contributed by atoms with E-state index in [9.17, 15) is 14.4 Å². The summed E-state index contributed by atoms with van der Waals surface area (Å²) < 4.78 is 7.20. The minimum absolute atomic E-state index is 0.0658. The first-order chi connectivity index (χ1) is 19.9. The van der Waals surface area contributed by atoms with Gasteiger partial charge < -0.3 is 15.4 Å². The van der Waals surface area contributed by atoms with Gasteiger partial charge in [-0.05, 0) is 74.2 Å². The predicted octanol–water partition coefficient (Wildman–Crippen LogP) is 5.81. The number of aromatic nitrogens is 3. The van der Waals surface area contributed by atoms with Crippen LogP contribution in [0.15, 0.2) is 46.9 Å². The molecule has 0 unspecified atom stereocenters. The average Bonchev–Trinajstić information content (AvgIpc) is 3.67. The number of hydrogen-bond acceptors (Lipinski definition) is 9. The van der Waals surface area contributed by atoms with Crippen molar-refractivity contribution < 1.29 is 19.1 Å². The minimum Gasteiger partial charge on any atom is -0.462 e. The van der Waals surface area contributed by atoms with E-state index in [0.29, 0.717) is 26.4 Å². The number of thioether (sulfide) groups is 1. The van der Waals surface area contributed by atoms with Crippen LogP contribution in [0.4, 0.5) is 5.00 Å². The molecule has 0 saturated carbocycles. The maximum absolute atomic E-state index is 13.2. The van der Waals surface area contributed by atoms with Gasteiger partial charge >= 0.3 is 5.97 Å². The Bertz CT molecular complexity index is 1540. The molecule has 214 valence electrons. The van der Waals surface area contributed by atoms with Crippen molar-refractivity contribution in [3.63, 3.8) is 0 Å². The number of ether oxygens (including phenoxy) is 1. The molecule has 3 aromatic heterocycles. The Labute approximate surface area is 250 Å². The lowest BCUT2D eigenvalue weighted by Gasteiger charge is -2.12. The van der Waals surface area contributed by atoms with Crippen molar-refractivity contribution in [2.75, 3.05) is 17.7 Å². The zero-order valence-corrected chi connectivity index (χ0v) is 25.3. The summed E-state index contributed by atoms with van der Waals surface area (Å²) in [5, 5.41) is 17.5. The molecule has 0 spiro atoms. The van der Waals surface area contributed by atoms with Crippen molar-refractivity contribution in [1.29, 1.82) is 0 Å². The number of benzene rings is 1. The Morgan fingerprint density at radius 2 is 1.95 bits per heavy atom. The van der Waals surface area contributed by atoms with Gasteiger partial charge in [0.1, 0.15) is 5.00 Å². The molecule has 3 heterocycles. The van der Waals surface area contributed by atoms with E-state index in [2.05, 4.69) is 20.8 Å².